The maximum Gasteiger partial charge on any atom is 0.387 e. The van der Waals surface area contributed by atoms with Gasteiger partial charge in [0, 0.05) is 12.2 Å². The quantitative estimate of drug-likeness (QED) is 0.865. The van der Waals surface area contributed by atoms with E-state index in [4.69, 9.17) is 11.6 Å². The van der Waals surface area contributed by atoms with Crippen LogP contribution in [0.15, 0.2) is 42.5 Å². The minimum atomic E-state index is -2.84. The fraction of sp³-hybridized carbons (Fsp3) is 0.143. The zero-order valence-electron chi connectivity index (χ0n) is 10.2. The van der Waals surface area contributed by atoms with Gasteiger partial charge in [0.25, 0.3) is 0 Å². The van der Waals surface area contributed by atoms with Gasteiger partial charge in [0.15, 0.2) is 0 Å². The molecule has 2 aromatic rings. The molecule has 0 radical (unpaired) electrons. The second-order valence-electron chi connectivity index (χ2n) is 4.00. The van der Waals surface area contributed by atoms with Gasteiger partial charge in [-0.25, -0.2) is 4.39 Å². The molecule has 2 rings (SSSR count). The van der Waals surface area contributed by atoms with Gasteiger partial charge in [-0.1, -0.05) is 17.7 Å². The van der Waals surface area contributed by atoms with Gasteiger partial charge in [-0.15, -0.1) is 0 Å². The van der Waals surface area contributed by atoms with Gasteiger partial charge in [0.05, 0.1) is 5.02 Å². The molecule has 2 aromatic carbocycles. The van der Waals surface area contributed by atoms with Gasteiger partial charge < -0.3 is 10.1 Å². The average Bonchev–Trinajstić information content (AvgIpc) is 2.41. The van der Waals surface area contributed by atoms with Crippen LogP contribution in [0.1, 0.15) is 5.56 Å². The molecule has 0 aliphatic heterocycles. The van der Waals surface area contributed by atoms with Crippen LogP contribution in [0.4, 0.5) is 18.9 Å². The SMILES string of the molecule is Fc1ccc(CNc2ccc(OC(F)F)cc2)cc1Cl. The summed E-state index contributed by atoms with van der Waals surface area (Å²) in [7, 11) is 0. The highest BCUT2D eigenvalue weighted by Gasteiger charge is 2.04. The number of alkyl halides is 2. The lowest BCUT2D eigenvalue weighted by molar-refractivity contribution is -0.0498. The highest BCUT2D eigenvalue weighted by molar-refractivity contribution is 6.30. The summed E-state index contributed by atoms with van der Waals surface area (Å²) in [4.78, 5) is 0. The maximum absolute atomic E-state index is 13.0. The second-order valence-corrected chi connectivity index (χ2v) is 4.41. The van der Waals surface area contributed by atoms with Crippen molar-refractivity contribution in [1.82, 2.24) is 0 Å². The number of ether oxygens (including phenoxy) is 1. The maximum atomic E-state index is 13.0. The summed E-state index contributed by atoms with van der Waals surface area (Å²) in [6, 6.07) is 10.5. The Labute approximate surface area is 119 Å². The second kappa shape index (κ2) is 6.52. The number of hydrogen-bond donors (Lipinski definition) is 1. The Balaban J connectivity index is 1.95. The van der Waals surface area contributed by atoms with E-state index in [-0.39, 0.29) is 10.8 Å². The molecule has 0 unspecified atom stereocenters. The standard InChI is InChI=1S/C14H11ClF3NO/c15-12-7-9(1-6-13(12)16)8-19-10-2-4-11(5-3-10)20-14(17)18/h1-7,14,19H,8H2. The topological polar surface area (TPSA) is 21.3 Å². The Bertz CT molecular complexity index is 575. The molecule has 0 aromatic heterocycles. The van der Waals surface area contributed by atoms with Crippen molar-refractivity contribution >= 4 is 17.3 Å². The van der Waals surface area contributed by atoms with E-state index in [0.29, 0.717) is 6.54 Å². The first kappa shape index (κ1) is 14.5. The van der Waals surface area contributed by atoms with E-state index in [1.54, 1.807) is 18.2 Å². The van der Waals surface area contributed by atoms with Crippen molar-refractivity contribution in [2.75, 3.05) is 5.32 Å². The third kappa shape index (κ3) is 4.06. The Hall–Kier alpha value is -1.88. The van der Waals surface area contributed by atoms with Crippen LogP contribution in [0.5, 0.6) is 5.75 Å². The van der Waals surface area contributed by atoms with Crippen molar-refractivity contribution in [3.63, 3.8) is 0 Å². The molecule has 0 spiro atoms. The predicted molar refractivity (Wildman–Crippen MR) is 71.8 cm³/mol. The van der Waals surface area contributed by atoms with Crippen LogP contribution in [-0.4, -0.2) is 6.61 Å². The zero-order chi connectivity index (χ0) is 14.5. The summed E-state index contributed by atoms with van der Waals surface area (Å²) in [5.74, 6) is -0.376. The van der Waals surface area contributed by atoms with Gasteiger partial charge in [-0.05, 0) is 42.0 Å². The van der Waals surface area contributed by atoms with Crippen LogP contribution >= 0.6 is 11.6 Å². The van der Waals surface area contributed by atoms with Crippen molar-refractivity contribution < 1.29 is 17.9 Å². The summed E-state index contributed by atoms with van der Waals surface area (Å²) in [5, 5.41) is 3.12. The van der Waals surface area contributed by atoms with Crippen molar-refractivity contribution in [2.45, 2.75) is 13.2 Å². The normalized spacial score (nSPS) is 10.7. The molecule has 0 aliphatic carbocycles. The number of rotatable bonds is 5. The first-order valence-corrected chi connectivity index (χ1v) is 6.15. The van der Waals surface area contributed by atoms with E-state index in [2.05, 4.69) is 10.1 Å². The van der Waals surface area contributed by atoms with Gasteiger partial charge in [0.1, 0.15) is 11.6 Å². The summed E-state index contributed by atoms with van der Waals surface area (Å²) < 4.78 is 41.2. The van der Waals surface area contributed by atoms with E-state index in [9.17, 15) is 13.2 Å². The molecular weight excluding hydrogens is 291 g/mol. The van der Waals surface area contributed by atoms with Crippen LogP contribution in [-0.2, 0) is 6.54 Å². The molecule has 0 amide bonds. The van der Waals surface area contributed by atoms with Crippen LogP contribution in [0.2, 0.25) is 5.02 Å². The van der Waals surface area contributed by atoms with Crippen molar-refractivity contribution in [1.29, 1.82) is 0 Å². The number of nitrogens with one attached hydrogen (secondary N) is 1. The largest absolute Gasteiger partial charge is 0.435 e. The first-order valence-electron chi connectivity index (χ1n) is 5.77. The van der Waals surface area contributed by atoms with E-state index >= 15 is 0 Å². The van der Waals surface area contributed by atoms with Gasteiger partial charge >= 0.3 is 6.61 Å². The molecule has 0 atom stereocenters. The van der Waals surface area contributed by atoms with E-state index in [0.717, 1.165) is 11.3 Å². The van der Waals surface area contributed by atoms with Crippen LogP contribution < -0.4 is 10.1 Å². The Kier molecular flexibility index (Phi) is 4.74. The van der Waals surface area contributed by atoms with Crippen molar-refractivity contribution in [2.24, 2.45) is 0 Å². The number of halogens is 4. The molecule has 0 saturated heterocycles. The van der Waals surface area contributed by atoms with E-state index < -0.39 is 12.4 Å². The smallest absolute Gasteiger partial charge is 0.387 e. The Morgan fingerprint density at radius 2 is 1.80 bits per heavy atom. The van der Waals surface area contributed by atoms with Gasteiger partial charge in [-0.3, -0.25) is 0 Å². The molecule has 20 heavy (non-hydrogen) atoms. The lowest BCUT2D eigenvalue weighted by Gasteiger charge is -2.09. The lowest BCUT2D eigenvalue weighted by Crippen LogP contribution is -2.02. The van der Waals surface area contributed by atoms with Crippen LogP contribution in [0.3, 0.4) is 0 Å². The third-order valence-electron chi connectivity index (χ3n) is 2.56. The van der Waals surface area contributed by atoms with Gasteiger partial charge in [0.2, 0.25) is 0 Å². The van der Waals surface area contributed by atoms with Crippen LogP contribution in [0, 0.1) is 5.82 Å². The summed E-state index contributed by atoms with van der Waals surface area (Å²) in [6.45, 7) is -2.40. The average molecular weight is 302 g/mol. The molecule has 0 fully saturated rings. The third-order valence-corrected chi connectivity index (χ3v) is 2.85. The van der Waals surface area contributed by atoms with Crippen molar-refractivity contribution in [3.8, 4) is 5.75 Å². The minimum Gasteiger partial charge on any atom is -0.435 e. The molecule has 0 aliphatic rings. The molecule has 0 bridgehead atoms. The lowest BCUT2D eigenvalue weighted by atomic mass is 10.2. The number of benzene rings is 2. The monoisotopic (exact) mass is 301 g/mol. The molecule has 2 nitrogen and oxygen atoms in total. The fourth-order valence-electron chi connectivity index (χ4n) is 1.61. The first-order chi connectivity index (χ1) is 9.54. The molecule has 1 N–H and O–H groups in total. The van der Waals surface area contributed by atoms with E-state index in [1.165, 1.54) is 24.3 Å². The molecule has 6 heteroatoms. The number of hydrogen-bond acceptors (Lipinski definition) is 2. The highest BCUT2D eigenvalue weighted by Crippen LogP contribution is 2.20. The Morgan fingerprint density at radius 3 is 2.40 bits per heavy atom. The summed E-state index contributed by atoms with van der Waals surface area (Å²) in [6.07, 6.45) is 0. The molecule has 0 heterocycles. The molecule has 106 valence electrons. The molecule has 0 saturated carbocycles. The number of anilines is 1. The van der Waals surface area contributed by atoms with Crippen molar-refractivity contribution in [3.05, 3.63) is 58.9 Å². The predicted octanol–water partition coefficient (Wildman–Crippen LogP) is 4.69. The Morgan fingerprint density at radius 1 is 1.10 bits per heavy atom. The minimum absolute atomic E-state index is 0.0602. The van der Waals surface area contributed by atoms with Gasteiger partial charge in [-0.2, -0.15) is 8.78 Å². The van der Waals surface area contributed by atoms with E-state index in [1.807, 2.05) is 0 Å². The zero-order valence-corrected chi connectivity index (χ0v) is 11.0. The summed E-state index contributed by atoms with van der Waals surface area (Å²) in [5.41, 5.74) is 1.54. The molecular formula is C14H11ClF3NO. The highest BCUT2D eigenvalue weighted by atomic mass is 35.5. The van der Waals surface area contributed by atoms with Crippen LogP contribution in [0.25, 0.3) is 0 Å². The summed E-state index contributed by atoms with van der Waals surface area (Å²) >= 11 is 5.67. The fourth-order valence-corrected chi connectivity index (χ4v) is 1.81.